The molecule has 26 heavy (non-hydrogen) atoms. The fourth-order valence-electron chi connectivity index (χ4n) is 3.27. The number of para-hydroxylation sites is 1. The standard InChI is InChI=1S/C23H22N2O/c1-18-16-23(25(24-18)21-10-6-3-7-11-21)20-12-14-22(15-13-20)26-17-19-8-4-2-5-9-19/h2-15,23H,16-17H2,1H3/t23-/m0/s1. The summed E-state index contributed by atoms with van der Waals surface area (Å²) in [4.78, 5) is 0. The van der Waals surface area contributed by atoms with Gasteiger partial charge in [-0.25, -0.2) is 0 Å². The zero-order valence-corrected chi connectivity index (χ0v) is 14.9. The molecule has 4 rings (SSSR count). The van der Waals surface area contributed by atoms with E-state index in [0.717, 1.165) is 23.6 Å². The van der Waals surface area contributed by atoms with Crippen LogP contribution in [-0.4, -0.2) is 5.71 Å². The Bertz CT molecular complexity index is 873. The normalized spacial score (nSPS) is 16.4. The number of hydrazone groups is 1. The third kappa shape index (κ3) is 3.62. The Morgan fingerprint density at radius 3 is 2.23 bits per heavy atom. The Hall–Kier alpha value is -3.07. The van der Waals surface area contributed by atoms with E-state index in [0.29, 0.717) is 6.61 Å². The molecule has 0 unspecified atom stereocenters. The Kier molecular flexibility index (Phi) is 4.69. The minimum absolute atomic E-state index is 0.237. The molecule has 130 valence electrons. The smallest absolute Gasteiger partial charge is 0.119 e. The number of rotatable bonds is 5. The molecule has 1 heterocycles. The molecule has 1 aliphatic rings. The topological polar surface area (TPSA) is 24.8 Å². The Morgan fingerprint density at radius 1 is 0.885 bits per heavy atom. The van der Waals surface area contributed by atoms with Crippen LogP contribution in [0.1, 0.15) is 30.5 Å². The molecule has 0 saturated heterocycles. The van der Waals surface area contributed by atoms with Crippen LogP contribution in [0.15, 0.2) is 90.0 Å². The maximum atomic E-state index is 5.90. The average molecular weight is 342 g/mol. The summed E-state index contributed by atoms with van der Waals surface area (Å²) < 4.78 is 5.90. The number of ether oxygens (including phenoxy) is 1. The van der Waals surface area contributed by atoms with Crippen molar-refractivity contribution in [3.63, 3.8) is 0 Å². The van der Waals surface area contributed by atoms with Crippen LogP contribution in [0.25, 0.3) is 0 Å². The molecule has 3 nitrogen and oxygen atoms in total. The minimum Gasteiger partial charge on any atom is -0.489 e. The lowest BCUT2D eigenvalue weighted by molar-refractivity contribution is 0.306. The van der Waals surface area contributed by atoms with Crippen molar-refractivity contribution in [3.05, 3.63) is 96.1 Å². The van der Waals surface area contributed by atoms with Gasteiger partial charge >= 0.3 is 0 Å². The summed E-state index contributed by atoms with van der Waals surface area (Å²) in [6.07, 6.45) is 0.944. The molecule has 0 aromatic heterocycles. The summed E-state index contributed by atoms with van der Waals surface area (Å²) in [6.45, 7) is 2.68. The lowest BCUT2D eigenvalue weighted by Crippen LogP contribution is -2.18. The van der Waals surface area contributed by atoms with Crippen LogP contribution in [0.3, 0.4) is 0 Å². The molecule has 0 fully saturated rings. The van der Waals surface area contributed by atoms with E-state index in [9.17, 15) is 0 Å². The zero-order valence-electron chi connectivity index (χ0n) is 14.9. The monoisotopic (exact) mass is 342 g/mol. The first-order valence-corrected chi connectivity index (χ1v) is 8.94. The summed E-state index contributed by atoms with van der Waals surface area (Å²) >= 11 is 0. The van der Waals surface area contributed by atoms with E-state index >= 15 is 0 Å². The van der Waals surface area contributed by atoms with Gasteiger partial charge < -0.3 is 4.74 Å². The second-order valence-electron chi connectivity index (χ2n) is 6.58. The van der Waals surface area contributed by atoms with Gasteiger partial charge in [0.05, 0.1) is 11.7 Å². The number of nitrogens with zero attached hydrogens (tertiary/aromatic N) is 2. The van der Waals surface area contributed by atoms with Gasteiger partial charge in [-0.1, -0.05) is 60.7 Å². The van der Waals surface area contributed by atoms with Gasteiger partial charge in [-0.2, -0.15) is 5.10 Å². The van der Waals surface area contributed by atoms with Crippen molar-refractivity contribution in [1.29, 1.82) is 0 Å². The SMILES string of the molecule is CC1=NN(c2ccccc2)[C@H](c2ccc(OCc3ccccc3)cc2)C1. The molecule has 0 spiro atoms. The molecule has 1 aliphatic heterocycles. The Morgan fingerprint density at radius 2 is 1.54 bits per heavy atom. The fourth-order valence-corrected chi connectivity index (χ4v) is 3.27. The van der Waals surface area contributed by atoms with E-state index < -0.39 is 0 Å². The zero-order chi connectivity index (χ0) is 17.8. The summed E-state index contributed by atoms with van der Waals surface area (Å²) in [5, 5.41) is 6.85. The van der Waals surface area contributed by atoms with Gasteiger partial charge in [0.1, 0.15) is 12.4 Å². The molecule has 0 amide bonds. The molecule has 0 radical (unpaired) electrons. The van der Waals surface area contributed by atoms with Crippen LogP contribution in [0.4, 0.5) is 5.69 Å². The van der Waals surface area contributed by atoms with E-state index in [2.05, 4.69) is 72.6 Å². The third-order valence-corrected chi connectivity index (χ3v) is 4.60. The van der Waals surface area contributed by atoms with Crippen LogP contribution in [0.5, 0.6) is 5.75 Å². The van der Waals surface area contributed by atoms with E-state index in [1.807, 2.05) is 24.3 Å². The second-order valence-corrected chi connectivity index (χ2v) is 6.58. The van der Waals surface area contributed by atoms with Crippen molar-refractivity contribution in [2.45, 2.75) is 26.0 Å². The number of hydrogen-bond acceptors (Lipinski definition) is 3. The molecule has 3 aromatic carbocycles. The van der Waals surface area contributed by atoms with Crippen molar-refractivity contribution < 1.29 is 4.74 Å². The van der Waals surface area contributed by atoms with Gasteiger partial charge in [-0.15, -0.1) is 0 Å². The van der Waals surface area contributed by atoms with Crippen molar-refractivity contribution in [2.75, 3.05) is 5.01 Å². The summed E-state index contributed by atoms with van der Waals surface area (Å²) in [5.41, 5.74) is 4.70. The Labute approximate surface area is 154 Å². The van der Waals surface area contributed by atoms with E-state index in [1.54, 1.807) is 0 Å². The largest absolute Gasteiger partial charge is 0.489 e. The molecule has 3 aromatic rings. The van der Waals surface area contributed by atoms with Gasteiger partial charge in [0.15, 0.2) is 0 Å². The first kappa shape index (κ1) is 16.4. The maximum absolute atomic E-state index is 5.90. The minimum atomic E-state index is 0.237. The lowest BCUT2D eigenvalue weighted by Gasteiger charge is -2.24. The second kappa shape index (κ2) is 7.44. The van der Waals surface area contributed by atoms with E-state index in [4.69, 9.17) is 9.84 Å². The average Bonchev–Trinajstić information content (AvgIpc) is 3.10. The van der Waals surface area contributed by atoms with Gasteiger partial charge in [0.25, 0.3) is 0 Å². The van der Waals surface area contributed by atoms with Crippen LogP contribution >= 0.6 is 0 Å². The molecular weight excluding hydrogens is 320 g/mol. The molecule has 1 atom stereocenters. The number of hydrogen-bond donors (Lipinski definition) is 0. The number of anilines is 1. The predicted octanol–water partition coefficient (Wildman–Crippen LogP) is 5.59. The van der Waals surface area contributed by atoms with Crippen LogP contribution in [0, 0.1) is 0 Å². The van der Waals surface area contributed by atoms with Crippen LogP contribution in [-0.2, 0) is 6.61 Å². The lowest BCUT2D eigenvalue weighted by atomic mass is 10.0. The quantitative estimate of drug-likeness (QED) is 0.603. The predicted molar refractivity (Wildman–Crippen MR) is 107 cm³/mol. The molecule has 0 saturated carbocycles. The molecule has 0 aliphatic carbocycles. The Balaban J connectivity index is 1.47. The van der Waals surface area contributed by atoms with Crippen LogP contribution < -0.4 is 9.75 Å². The molecule has 3 heteroatoms. The van der Waals surface area contributed by atoms with Crippen molar-refractivity contribution in [1.82, 2.24) is 0 Å². The molecular formula is C23H22N2O. The van der Waals surface area contributed by atoms with Crippen LogP contribution in [0.2, 0.25) is 0 Å². The molecule has 0 N–H and O–H groups in total. The summed E-state index contributed by atoms with van der Waals surface area (Å²) in [7, 11) is 0. The maximum Gasteiger partial charge on any atom is 0.119 e. The first-order chi connectivity index (χ1) is 12.8. The van der Waals surface area contributed by atoms with Gasteiger partial charge in [-0.3, -0.25) is 5.01 Å². The van der Waals surface area contributed by atoms with E-state index in [1.165, 1.54) is 11.1 Å². The van der Waals surface area contributed by atoms with Crippen molar-refractivity contribution >= 4 is 11.4 Å². The third-order valence-electron chi connectivity index (χ3n) is 4.60. The molecule has 0 bridgehead atoms. The highest BCUT2D eigenvalue weighted by molar-refractivity contribution is 5.86. The van der Waals surface area contributed by atoms with Crippen molar-refractivity contribution in [3.8, 4) is 5.75 Å². The number of benzene rings is 3. The highest BCUT2D eigenvalue weighted by Gasteiger charge is 2.27. The summed E-state index contributed by atoms with van der Waals surface area (Å²) in [6, 6.07) is 29.2. The fraction of sp³-hybridized carbons (Fsp3) is 0.174. The first-order valence-electron chi connectivity index (χ1n) is 8.94. The highest BCUT2D eigenvalue weighted by Crippen LogP contribution is 2.35. The van der Waals surface area contributed by atoms with Gasteiger partial charge in [0, 0.05) is 12.1 Å². The van der Waals surface area contributed by atoms with Gasteiger partial charge in [0.2, 0.25) is 0 Å². The van der Waals surface area contributed by atoms with Gasteiger partial charge in [-0.05, 0) is 42.3 Å². The van der Waals surface area contributed by atoms with E-state index in [-0.39, 0.29) is 6.04 Å². The van der Waals surface area contributed by atoms with Crippen molar-refractivity contribution in [2.24, 2.45) is 5.10 Å². The highest BCUT2D eigenvalue weighted by atomic mass is 16.5. The summed E-state index contributed by atoms with van der Waals surface area (Å²) in [5.74, 6) is 0.888.